The molecular formula is C64H101O11P. The third-order valence-corrected chi connectivity index (χ3v) is 12.2. The van der Waals surface area contributed by atoms with E-state index < -0.39 is 57.8 Å². The fraction of sp³-hybridized carbons (Fsp3) is 0.578. The van der Waals surface area contributed by atoms with Crippen LogP contribution in [0.1, 0.15) is 201 Å². The molecule has 0 bridgehead atoms. The van der Waals surface area contributed by atoms with Gasteiger partial charge in [0.25, 0.3) is 0 Å². The van der Waals surface area contributed by atoms with Gasteiger partial charge < -0.3 is 24.2 Å². The lowest BCUT2D eigenvalue weighted by Crippen LogP contribution is -2.30. The second-order valence-electron chi connectivity index (χ2n) is 18.3. The third-order valence-electron chi connectivity index (χ3n) is 11.2. The lowest BCUT2D eigenvalue weighted by Gasteiger charge is -2.21. The quantitative estimate of drug-likeness (QED) is 0.0197. The maximum Gasteiger partial charge on any atom is 0.472 e. The van der Waals surface area contributed by atoms with Crippen molar-refractivity contribution in [3.05, 3.63) is 146 Å². The Labute approximate surface area is 461 Å². The van der Waals surface area contributed by atoms with Crippen LogP contribution in [0.15, 0.2) is 146 Å². The van der Waals surface area contributed by atoms with Gasteiger partial charge in [-0.3, -0.25) is 23.4 Å². The molecule has 0 aromatic heterocycles. The highest BCUT2D eigenvalue weighted by Crippen LogP contribution is 2.43. The Morgan fingerprint density at radius 2 is 0.645 bits per heavy atom. The van der Waals surface area contributed by atoms with E-state index in [4.69, 9.17) is 23.3 Å². The number of esters is 3. The van der Waals surface area contributed by atoms with Gasteiger partial charge in [0.2, 0.25) is 0 Å². The van der Waals surface area contributed by atoms with Gasteiger partial charge in [0.15, 0.2) is 6.10 Å². The maximum atomic E-state index is 12.9. The van der Waals surface area contributed by atoms with E-state index in [0.717, 1.165) is 141 Å². The van der Waals surface area contributed by atoms with Gasteiger partial charge in [-0.25, -0.2) is 4.57 Å². The van der Waals surface area contributed by atoms with Crippen LogP contribution in [0.5, 0.6) is 0 Å². The van der Waals surface area contributed by atoms with Crippen molar-refractivity contribution < 1.29 is 52.2 Å². The number of aliphatic hydroxyl groups excluding tert-OH is 1. The summed E-state index contributed by atoms with van der Waals surface area (Å²) in [6.45, 7) is 4.17. The summed E-state index contributed by atoms with van der Waals surface area (Å²) < 4.78 is 39.4. The van der Waals surface area contributed by atoms with Crippen LogP contribution in [0.4, 0.5) is 0 Å². The van der Waals surface area contributed by atoms with Crippen LogP contribution in [0.3, 0.4) is 0 Å². The van der Waals surface area contributed by atoms with Crippen molar-refractivity contribution in [3.8, 4) is 0 Å². The molecule has 12 heteroatoms. The summed E-state index contributed by atoms with van der Waals surface area (Å²) in [6, 6.07) is 0. The molecule has 428 valence electrons. The van der Waals surface area contributed by atoms with Crippen molar-refractivity contribution in [1.82, 2.24) is 0 Å². The molecule has 0 fully saturated rings. The summed E-state index contributed by atoms with van der Waals surface area (Å²) in [4.78, 5) is 48.5. The number of aliphatic hydroxyl groups is 1. The Balaban J connectivity index is 4.84. The van der Waals surface area contributed by atoms with Crippen LogP contribution >= 0.6 is 7.82 Å². The average molecular weight is 1080 g/mol. The van der Waals surface area contributed by atoms with Crippen LogP contribution in [0.2, 0.25) is 0 Å². The minimum absolute atomic E-state index is 0.111. The molecule has 3 atom stereocenters. The normalized spacial score (nSPS) is 14.4. The van der Waals surface area contributed by atoms with Crippen molar-refractivity contribution in [2.75, 3.05) is 26.4 Å². The predicted molar refractivity (Wildman–Crippen MR) is 316 cm³/mol. The number of phosphoric ester groups is 1. The van der Waals surface area contributed by atoms with Gasteiger partial charge in [0.05, 0.1) is 19.8 Å². The van der Waals surface area contributed by atoms with Gasteiger partial charge >= 0.3 is 25.7 Å². The highest BCUT2D eigenvalue weighted by Gasteiger charge is 2.28. The van der Waals surface area contributed by atoms with E-state index in [1.54, 1.807) is 0 Å². The lowest BCUT2D eigenvalue weighted by atomic mass is 10.1. The van der Waals surface area contributed by atoms with E-state index in [1.807, 2.05) is 0 Å². The molecule has 0 aliphatic heterocycles. The topological polar surface area (TPSA) is 155 Å². The van der Waals surface area contributed by atoms with Gasteiger partial charge in [0, 0.05) is 19.3 Å². The molecular weight excluding hydrogens is 976 g/mol. The molecule has 11 nitrogen and oxygen atoms in total. The van der Waals surface area contributed by atoms with Crippen LogP contribution in [-0.2, 0) is 42.2 Å². The van der Waals surface area contributed by atoms with Gasteiger partial charge in [-0.05, 0) is 135 Å². The van der Waals surface area contributed by atoms with Gasteiger partial charge in [0.1, 0.15) is 12.7 Å². The zero-order chi connectivity index (χ0) is 55.5. The van der Waals surface area contributed by atoms with E-state index >= 15 is 0 Å². The summed E-state index contributed by atoms with van der Waals surface area (Å²) in [5.41, 5.74) is 0. The molecule has 0 heterocycles. The second kappa shape index (κ2) is 56.6. The Morgan fingerprint density at radius 3 is 0.987 bits per heavy atom. The van der Waals surface area contributed by atoms with Gasteiger partial charge in [-0.15, -0.1) is 0 Å². The van der Waals surface area contributed by atoms with Crippen LogP contribution in [0.25, 0.3) is 0 Å². The standard InChI is InChI=1S/C64H101O11P/c1-4-7-10-13-16-19-22-25-27-29-30-32-34-37-40-43-46-49-52-55-64(68)75-61(57-71-62(66)53-50-47-44-41-38-35-24-21-18-15-12-9-6-3)59-73-76(69,70)72-58-60(56-65)74-63(67)54-51-48-45-42-39-36-33-31-28-26-23-20-17-14-11-8-5-2/h7-12,16-21,25-28,30,32-33,35-38,40,60-61,65H,4-6,13-15,22-24,29,31,34,39,41-59H2,1-3H3,(H,69,70)/b10-7-,11-8-,12-9-,19-16-,20-17-,21-18-,27-25-,28-26-,32-30-,36-33-,38-35-,40-37-. The number of unbranched alkanes of at least 4 members (excludes halogenated alkanes) is 10. The number of allylic oxidation sites excluding steroid dienone is 24. The van der Waals surface area contributed by atoms with Gasteiger partial charge in [-0.1, -0.05) is 192 Å². The molecule has 0 aliphatic carbocycles. The predicted octanol–water partition coefficient (Wildman–Crippen LogP) is 17.1. The zero-order valence-corrected chi connectivity index (χ0v) is 48.0. The molecule has 76 heavy (non-hydrogen) atoms. The SMILES string of the molecule is CC/C=C\C/C=C\C/C=C\C/C=C\C/C=C\CCCCCC(=O)OC(COC(=O)CCCCC/C=C\C/C=C\C/C=C\CC)COP(=O)(O)OCC(CO)OC(=O)CCCCCC/C=C\C/C=C\C/C=C\C/C=C\CC. The smallest absolute Gasteiger partial charge is 0.462 e. The molecule has 0 saturated carbocycles. The first kappa shape index (κ1) is 71.4. The van der Waals surface area contributed by atoms with Crippen molar-refractivity contribution in [2.45, 2.75) is 213 Å². The van der Waals surface area contributed by atoms with Crippen molar-refractivity contribution in [1.29, 1.82) is 0 Å². The summed E-state index contributed by atoms with van der Waals surface area (Å²) in [5.74, 6) is -1.58. The first-order chi connectivity index (χ1) is 37.2. The number of carbonyl (C=O) groups excluding carboxylic acids is 3. The molecule has 0 rings (SSSR count). The molecule has 0 aromatic rings. The molecule has 0 saturated heterocycles. The number of hydrogen-bond donors (Lipinski definition) is 2. The summed E-state index contributed by atoms with van der Waals surface area (Å²) in [6.07, 6.45) is 72.4. The van der Waals surface area contributed by atoms with Crippen LogP contribution in [-0.4, -0.2) is 66.5 Å². The van der Waals surface area contributed by atoms with E-state index in [0.29, 0.717) is 19.3 Å². The fourth-order valence-electron chi connectivity index (χ4n) is 6.97. The highest BCUT2D eigenvalue weighted by molar-refractivity contribution is 7.47. The van der Waals surface area contributed by atoms with E-state index in [9.17, 15) is 28.9 Å². The number of ether oxygens (including phenoxy) is 3. The molecule has 0 aromatic carbocycles. The largest absolute Gasteiger partial charge is 0.472 e. The molecule has 0 spiro atoms. The van der Waals surface area contributed by atoms with Crippen LogP contribution < -0.4 is 0 Å². The van der Waals surface area contributed by atoms with Crippen LogP contribution in [0, 0.1) is 0 Å². The Hall–Kier alpha value is -4.64. The van der Waals surface area contributed by atoms with Crippen molar-refractivity contribution >= 4 is 25.7 Å². The lowest BCUT2D eigenvalue weighted by molar-refractivity contribution is -0.161. The summed E-state index contributed by atoms with van der Waals surface area (Å²) >= 11 is 0. The first-order valence-corrected chi connectivity index (χ1v) is 30.2. The highest BCUT2D eigenvalue weighted by atomic mass is 31.2. The molecule has 0 amide bonds. The number of rotatable bonds is 51. The Kier molecular flexibility index (Phi) is 53.1. The Bertz CT molecular complexity index is 1830. The third kappa shape index (κ3) is 54.2. The number of phosphoric acid groups is 1. The Morgan fingerprint density at radius 1 is 0.368 bits per heavy atom. The zero-order valence-electron chi connectivity index (χ0n) is 47.2. The fourth-order valence-corrected chi connectivity index (χ4v) is 7.76. The minimum atomic E-state index is -4.78. The minimum Gasteiger partial charge on any atom is -0.462 e. The number of hydrogen-bond acceptors (Lipinski definition) is 10. The number of carbonyl (C=O) groups is 3. The molecule has 0 radical (unpaired) electrons. The maximum absolute atomic E-state index is 12.9. The molecule has 2 N–H and O–H groups in total. The van der Waals surface area contributed by atoms with E-state index in [-0.39, 0.29) is 25.9 Å². The van der Waals surface area contributed by atoms with E-state index in [2.05, 4.69) is 167 Å². The van der Waals surface area contributed by atoms with Crippen molar-refractivity contribution in [2.24, 2.45) is 0 Å². The monoisotopic (exact) mass is 1080 g/mol. The van der Waals surface area contributed by atoms with E-state index in [1.165, 1.54) is 0 Å². The molecule has 3 unspecified atom stereocenters. The van der Waals surface area contributed by atoms with Gasteiger partial charge in [-0.2, -0.15) is 0 Å². The second-order valence-corrected chi connectivity index (χ2v) is 19.8. The first-order valence-electron chi connectivity index (χ1n) is 28.7. The summed E-state index contributed by atoms with van der Waals surface area (Å²) in [7, 11) is -4.78. The molecule has 0 aliphatic rings. The summed E-state index contributed by atoms with van der Waals surface area (Å²) in [5, 5.41) is 9.82. The van der Waals surface area contributed by atoms with Crippen molar-refractivity contribution in [3.63, 3.8) is 0 Å². The average Bonchev–Trinajstić information content (AvgIpc) is 3.41.